The van der Waals surface area contributed by atoms with Crippen molar-refractivity contribution in [3.63, 3.8) is 0 Å². The van der Waals surface area contributed by atoms with E-state index in [2.05, 4.69) is 15.6 Å². The second-order valence-electron chi connectivity index (χ2n) is 6.25. The Morgan fingerprint density at radius 2 is 1.93 bits per heavy atom. The molecule has 1 aromatic heterocycles. The SMILES string of the molecule is O=C(Nc1ccc2c(c1)C(=O)Nc1ccccc1O2)c1ccc2ncsc2c1. The Kier molecular flexibility index (Phi) is 3.80. The van der Waals surface area contributed by atoms with Crippen molar-refractivity contribution in [3.05, 3.63) is 77.3 Å². The van der Waals surface area contributed by atoms with Gasteiger partial charge in [0.1, 0.15) is 5.75 Å². The minimum absolute atomic E-state index is 0.256. The molecule has 136 valence electrons. The lowest BCUT2D eigenvalue weighted by molar-refractivity contribution is 0.101. The monoisotopic (exact) mass is 387 g/mol. The zero-order valence-corrected chi connectivity index (χ0v) is 15.2. The van der Waals surface area contributed by atoms with Crippen LogP contribution in [0, 0.1) is 0 Å². The number of nitrogens with one attached hydrogen (secondary N) is 2. The Bertz CT molecular complexity index is 1250. The van der Waals surface area contributed by atoms with Crippen LogP contribution >= 0.6 is 11.3 Å². The van der Waals surface area contributed by atoms with Gasteiger partial charge in [0, 0.05) is 11.3 Å². The Morgan fingerprint density at radius 3 is 2.86 bits per heavy atom. The Morgan fingerprint density at radius 1 is 1.04 bits per heavy atom. The maximum absolute atomic E-state index is 12.6. The van der Waals surface area contributed by atoms with E-state index >= 15 is 0 Å². The fourth-order valence-corrected chi connectivity index (χ4v) is 3.76. The van der Waals surface area contributed by atoms with Gasteiger partial charge in [-0.15, -0.1) is 11.3 Å². The molecule has 2 heterocycles. The summed E-state index contributed by atoms with van der Waals surface area (Å²) in [6, 6.07) is 17.6. The van der Waals surface area contributed by atoms with E-state index in [1.54, 1.807) is 48.0 Å². The maximum Gasteiger partial charge on any atom is 0.259 e. The quantitative estimate of drug-likeness (QED) is 0.512. The van der Waals surface area contributed by atoms with Gasteiger partial charge < -0.3 is 15.4 Å². The van der Waals surface area contributed by atoms with Crippen LogP contribution in [0.15, 0.2) is 66.2 Å². The number of rotatable bonds is 2. The molecule has 1 aliphatic rings. The molecule has 0 bridgehead atoms. The van der Waals surface area contributed by atoms with Crippen LogP contribution < -0.4 is 15.4 Å². The summed E-state index contributed by atoms with van der Waals surface area (Å²) in [5.41, 5.74) is 4.60. The number of fused-ring (bicyclic) bond motifs is 3. The molecule has 0 atom stereocenters. The van der Waals surface area contributed by atoms with Crippen LogP contribution in [-0.4, -0.2) is 16.8 Å². The highest BCUT2D eigenvalue weighted by Crippen LogP contribution is 2.36. The second kappa shape index (κ2) is 6.47. The molecule has 0 aliphatic carbocycles. The number of ether oxygens (including phenoxy) is 1. The molecular weight excluding hydrogens is 374 g/mol. The predicted octanol–water partition coefficient (Wildman–Crippen LogP) is 4.91. The van der Waals surface area contributed by atoms with E-state index in [-0.39, 0.29) is 11.8 Å². The number of hydrogen-bond acceptors (Lipinski definition) is 5. The molecule has 2 amide bonds. The fraction of sp³-hybridized carbons (Fsp3) is 0. The minimum atomic E-state index is -0.290. The highest BCUT2D eigenvalue weighted by molar-refractivity contribution is 7.16. The number of hydrogen-bond donors (Lipinski definition) is 2. The van der Waals surface area contributed by atoms with E-state index in [0.29, 0.717) is 34.0 Å². The number of nitrogens with zero attached hydrogens (tertiary/aromatic N) is 1. The van der Waals surface area contributed by atoms with Crippen LogP contribution in [-0.2, 0) is 0 Å². The molecule has 0 saturated heterocycles. The first-order chi connectivity index (χ1) is 13.7. The number of carbonyl (C=O) groups excluding carboxylic acids is 2. The van der Waals surface area contributed by atoms with E-state index in [9.17, 15) is 9.59 Å². The topological polar surface area (TPSA) is 80.3 Å². The normalized spacial score (nSPS) is 12.4. The smallest absolute Gasteiger partial charge is 0.259 e. The first-order valence-corrected chi connectivity index (χ1v) is 9.42. The number of para-hydroxylation sites is 2. The van der Waals surface area contributed by atoms with E-state index < -0.39 is 0 Å². The molecule has 0 fully saturated rings. The van der Waals surface area contributed by atoms with Crippen LogP contribution in [0.2, 0.25) is 0 Å². The van der Waals surface area contributed by atoms with Gasteiger partial charge in [-0.1, -0.05) is 12.1 Å². The van der Waals surface area contributed by atoms with Crippen molar-refractivity contribution in [1.29, 1.82) is 0 Å². The lowest BCUT2D eigenvalue weighted by Gasteiger charge is -2.10. The zero-order valence-electron chi connectivity index (χ0n) is 14.4. The minimum Gasteiger partial charge on any atom is -0.454 e. The van der Waals surface area contributed by atoms with Gasteiger partial charge in [0.25, 0.3) is 11.8 Å². The highest BCUT2D eigenvalue weighted by atomic mass is 32.1. The van der Waals surface area contributed by atoms with Gasteiger partial charge in [-0.3, -0.25) is 9.59 Å². The zero-order chi connectivity index (χ0) is 19.1. The van der Waals surface area contributed by atoms with E-state index in [1.807, 2.05) is 18.2 Å². The fourth-order valence-electron chi connectivity index (χ4n) is 3.04. The molecule has 6 nitrogen and oxygen atoms in total. The molecule has 0 radical (unpaired) electrons. The Balaban J connectivity index is 1.43. The van der Waals surface area contributed by atoms with Crippen molar-refractivity contribution in [3.8, 4) is 11.5 Å². The summed E-state index contributed by atoms with van der Waals surface area (Å²) in [6.07, 6.45) is 0. The highest BCUT2D eigenvalue weighted by Gasteiger charge is 2.21. The van der Waals surface area contributed by atoms with Crippen molar-refractivity contribution in [1.82, 2.24) is 4.98 Å². The Hall–Kier alpha value is -3.71. The van der Waals surface area contributed by atoms with Crippen molar-refractivity contribution in [2.24, 2.45) is 0 Å². The van der Waals surface area contributed by atoms with Gasteiger partial charge >= 0.3 is 0 Å². The van der Waals surface area contributed by atoms with Crippen molar-refractivity contribution in [2.45, 2.75) is 0 Å². The van der Waals surface area contributed by atoms with E-state index in [1.165, 1.54) is 11.3 Å². The van der Waals surface area contributed by atoms with Crippen LogP contribution in [0.1, 0.15) is 20.7 Å². The van der Waals surface area contributed by atoms with Crippen LogP contribution in [0.25, 0.3) is 10.2 Å². The summed E-state index contributed by atoms with van der Waals surface area (Å²) < 4.78 is 6.80. The number of anilines is 2. The molecule has 0 unspecified atom stereocenters. The third-order valence-corrected chi connectivity index (χ3v) is 5.22. The van der Waals surface area contributed by atoms with Gasteiger partial charge in [-0.25, -0.2) is 4.98 Å². The van der Waals surface area contributed by atoms with Gasteiger partial charge in [0.2, 0.25) is 0 Å². The summed E-state index contributed by atoms with van der Waals surface area (Å²) in [4.78, 5) is 29.4. The van der Waals surface area contributed by atoms with Crippen molar-refractivity contribution < 1.29 is 14.3 Å². The number of thiazole rings is 1. The molecule has 1 aliphatic heterocycles. The average molecular weight is 387 g/mol. The van der Waals surface area contributed by atoms with E-state index in [0.717, 1.165) is 10.2 Å². The lowest BCUT2D eigenvalue weighted by atomic mass is 10.1. The standard InChI is InChI=1S/C21H13N3O3S/c25-20(12-5-7-16-19(9-12)28-11-22-16)23-13-6-8-17-14(10-13)21(26)24-15-3-1-2-4-18(15)27-17/h1-11H,(H,23,25)(H,24,26). The maximum atomic E-state index is 12.6. The van der Waals surface area contributed by atoms with Crippen molar-refractivity contribution in [2.75, 3.05) is 10.6 Å². The Labute approximate surface area is 163 Å². The van der Waals surface area contributed by atoms with Crippen LogP contribution in [0.4, 0.5) is 11.4 Å². The summed E-state index contributed by atoms with van der Waals surface area (Å²) >= 11 is 1.48. The predicted molar refractivity (Wildman–Crippen MR) is 108 cm³/mol. The van der Waals surface area contributed by atoms with Crippen LogP contribution in [0.5, 0.6) is 11.5 Å². The largest absolute Gasteiger partial charge is 0.454 e. The first kappa shape index (κ1) is 16.5. The summed E-state index contributed by atoms with van der Waals surface area (Å²) in [5, 5.41) is 5.66. The summed E-state index contributed by atoms with van der Waals surface area (Å²) in [5.74, 6) is 0.464. The van der Waals surface area contributed by atoms with E-state index in [4.69, 9.17) is 4.74 Å². The first-order valence-electron chi connectivity index (χ1n) is 8.54. The second-order valence-corrected chi connectivity index (χ2v) is 7.14. The van der Waals surface area contributed by atoms with Gasteiger partial charge in [0.15, 0.2) is 5.75 Å². The molecule has 7 heteroatoms. The average Bonchev–Trinajstić information content (AvgIpc) is 3.12. The molecule has 28 heavy (non-hydrogen) atoms. The van der Waals surface area contributed by atoms with Gasteiger partial charge in [-0.2, -0.15) is 0 Å². The molecule has 0 spiro atoms. The summed E-state index contributed by atoms with van der Waals surface area (Å²) in [7, 11) is 0. The number of aromatic nitrogens is 1. The van der Waals surface area contributed by atoms with Gasteiger partial charge in [-0.05, 0) is 48.5 Å². The molecule has 0 saturated carbocycles. The third kappa shape index (κ3) is 2.87. The van der Waals surface area contributed by atoms with Gasteiger partial charge in [0.05, 0.1) is 27.0 Å². The van der Waals surface area contributed by atoms with Crippen molar-refractivity contribution >= 4 is 44.7 Å². The number of benzene rings is 3. The summed E-state index contributed by atoms with van der Waals surface area (Å²) in [6.45, 7) is 0. The van der Waals surface area contributed by atoms with Crippen LogP contribution in [0.3, 0.4) is 0 Å². The lowest BCUT2D eigenvalue weighted by Crippen LogP contribution is -2.14. The molecule has 5 rings (SSSR count). The molecule has 3 aromatic carbocycles. The number of carbonyl (C=O) groups is 2. The molecule has 2 N–H and O–H groups in total. The molecular formula is C21H13N3O3S. The molecule has 4 aromatic rings. The number of amides is 2. The third-order valence-electron chi connectivity index (χ3n) is 4.43.